The van der Waals surface area contributed by atoms with E-state index < -0.39 is 0 Å². The molecule has 5 nitrogen and oxygen atoms in total. The number of hydrogen-bond acceptors (Lipinski definition) is 4. The number of nitrogens with one attached hydrogen (secondary N) is 2. The Labute approximate surface area is 148 Å². The molecule has 2 aromatic carbocycles. The van der Waals surface area contributed by atoms with Crippen molar-refractivity contribution >= 4 is 51.5 Å². The number of aliphatic imine (C=N–C) groups is 1. The van der Waals surface area contributed by atoms with E-state index in [4.69, 9.17) is 11.6 Å². The van der Waals surface area contributed by atoms with Crippen LogP contribution in [0.4, 0.5) is 11.4 Å². The molecule has 24 heavy (non-hydrogen) atoms. The van der Waals surface area contributed by atoms with Crippen LogP contribution in [0.5, 0.6) is 0 Å². The molecule has 0 bridgehead atoms. The number of hydrazone groups is 1. The number of fused-ring (bicyclic) bond motifs is 1. The van der Waals surface area contributed by atoms with Crippen molar-refractivity contribution in [3.05, 3.63) is 58.6 Å². The topological polar surface area (TPSA) is 65.8 Å². The first-order chi connectivity index (χ1) is 11.7. The van der Waals surface area contributed by atoms with Crippen molar-refractivity contribution in [2.75, 3.05) is 11.1 Å². The molecule has 7 heteroatoms. The second-order valence-corrected chi connectivity index (χ2v) is 6.85. The highest BCUT2D eigenvalue weighted by atomic mass is 35.5. The molecule has 2 heterocycles. The van der Waals surface area contributed by atoms with Crippen molar-refractivity contribution in [3.63, 3.8) is 0 Å². The molecule has 0 spiro atoms. The maximum absolute atomic E-state index is 11.4. The van der Waals surface area contributed by atoms with E-state index in [-0.39, 0.29) is 5.91 Å². The van der Waals surface area contributed by atoms with Gasteiger partial charge in [0.2, 0.25) is 5.91 Å². The molecule has 0 atom stereocenters. The number of carbonyl (C=O) groups excluding carboxylic acids is 1. The average Bonchev–Trinajstić information content (AvgIpc) is 2.97. The molecule has 2 N–H and O–H groups in total. The Kier molecular flexibility index (Phi) is 4.00. The predicted octanol–water partition coefficient (Wildman–Crippen LogP) is 3.56. The summed E-state index contributed by atoms with van der Waals surface area (Å²) in [5, 5.41) is 8.72. The molecule has 2 aliphatic rings. The van der Waals surface area contributed by atoms with Gasteiger partial charge in [-0.1, -0.05) is 35.5 Å². The van der Waals surface area contributed by atoms with Crippen LogP contribution < -0.4 is 10.7 Å². The Morgan fingerprint density at radius 2 is 2.00 bits per heavy atom. The van der Waals surface area contributed by atoms with Crippen molar-refractivity contribution in [3.8, 4) is 0 Å². The fourth-order valence-corrected chi connectivity index (χ4v) is 3.46. The molecular formula is C17H13ClN4OS. The van der Waals surface area contributed by atoms with Crippen molar-refractivity contribution in [1.82, 2.24) is 5.43 Å². The Morgan fingerprint density at radius 3 is 2.75 bits per heavy atom. The van der Waals surface area contributed by atoms with E-state index in [1.165, 1.54) is 0 Å². The zero-order valence-corrected chi connectivity index (χ0v) is 14.1. The van der Waals surface area contributed by atoms with Crippen LogP contribution >= 0.6 is 23.4 Å². The summed E-state index contributed by atoms with van der Waals surface area (Å²) in [6, 6.07) is 13.3. The Morgan fingerprint density at radius 1 is 1.17 bits per heavy atom. The summed E-state index contributed by atoms with van der Waals surface area (Å²) >= 11 is 7.46. The minimum absolute atomic E-state index is 0.0395. The number of halogens is 1. The van der Waals surface area contributed by atoms with Gasteiger partial charge in [0, 0.05) is 22.0 Å². The van der Waals surface area contributed by atoms with E-state index in [9.17, 15) is 4.79 Å². The molecule has 2 aliphatic heterocycles. The molecular weight excluding hydrogens is 344 g/mol. The number of benzene rings is 2. The average molecular weight is 357 g/mol. The minimum atomic E-state index is 0.0395. The van der Waals surface area contributed by atoms with Crippen LogP contribution in [-0.2, 0) is 11.2 Å². The van der Waals surface area contributed by atoms with Gasteiger partial charge in [0.1, 0.15) is 0 Å². The van der Waals surface area contributed by atoms with Crippen molar-refractivity contribution in [1.29, 1.82) is 0 Å². The number of thioether (sulfide) groups is 1. The molecule has 0 radical (unpaired) electrons. The van der Waals surface area contributed by atoms with Crippen molar-refractivity contribution in [2.24, 2.45) is 10.1 Å². The zero-order valence-electron chi connectivity index (χ0n) is 12.5. The molecule has 0 saturated carbocycles. The number of rotatable bonds is 2. The fourth-order valence-electron chi connectivity index (χ4n) is 2.55. The quantitative estimate of drug-likeness (QED) is 0.864. The highest BCUT2D eigenvalue weighted by Gasteiger charge is 2.20. The van der Waals surface area contributed by atoms with E-state index >= 15 is 0 Å². The van der Waals surface area contributed by atoms with Crippen LogP contribution in [-0.4, -0.2) is 22.5 Å². The van der Waals surface area contributed by atoms with Gasteiger partial charge in [-0.15, -0.1) is 0 Å². The lowest BCUT2D eigenvalue weighted by molar-refractivity contribution is -0.115. The summed E-state index contributed by atoms with van der Waals surface area (Å²) in [7, 11) is 0. The monoisotopic (exact) mass is 356 g/mol. The Bertz CT molecular complexity index is 877. The third-order valence-corrected chi connectivity index (χ3v) is 4.88. The first kappa shape index (κ1) is 15.2. The molecule has 0 saturated heterocycles. The highest BCUT2D eigenvalue weighted by Crippen LogP contribution is 2.26. The number of carbonyl (C=O) groups is 1. The summed E-state index contributed by atoms with van der Waals surface area (Å²) in [5.74, 6) is 0.754. The summed E-state index contributed by atoms with van der Waals surface area (Å²) in [5.41, 5.74) is 7.66. The van der Waals surface area contributed by atoms with Gasteiger partial charge in [-0.05, 0) is 35.9 Å². The van der Waals surface area contributed by atoms with Crippen LogP contribution in [0.25, 0.3) is 0 Å². The van der Waals surface area contributed by atoms with E-state index in [0.29, 0.717) is 17.2 Å². The third kappa shape index (κ3) is 3.16. The van der Waals surface area contributed by atoms with Gasteiger partial charge in [-0.25, -0.2) is 4.99 Å². The van der Waals surface area contributed by atoms with Gasteiger partial charge < -0.3 is 5.32 Å². The summed E-state index contributed by atoms with van der Waals surface area (Å²) < 4.78 is 0. The molecule has 0 aromatic heterocycles. The van der Waals surface area contributed by atoms with Gasteiger partial charge in [-0.3, -0.25) is 10.2 Å². The molecule has 2 aromatic rings. The van der Waals surface area contributed by atoms with E-state index in [0.717, 1.165) is 33.4 Å². The highest BCUT2D eigenvalue weighted by molar-refractivity contribution is 8.14. The van der Waals surface area contributed by atoms with Gasteiger partial charge in [0.25, 0.3) is 0 Å². The fraction of sp³-hybridized carbons (Fsp3) is 0.118. The number of hydrogen-bond donors (Lipinski definition) is 2. The van der Waals surface area contributed by atoms with Crippen LogP contribution in [0.1, 0.15) is 11.1 Å². The van der Waals surface area contributed by atoms with Crippen LogP contribution in [0, 0.1) is 0 Å². The second-order valence-electron chi connectivity index (χ2n) is 5.45. The standard InChI is InChI=1S/C17H13ClN4OS/c18-12-3-5-13(6-4-12)19-17-22-21-15(9-24-17)10-1-2-11-8-16(23)20-14(11)7-10/h1-7H,8-9H2,(H,19,22)(H,20,23). The van der Waals surface area contributed by atoms with E-state index in [2.05, 4.69) is 20.8 Å². The number of nitrogens with zero attached hydrogens (tertiary/aromatic N) is 2. The molecule has 1 amide bonds. The van der Waals surface area contributed by atoms with Crippen LogP contribution in [0.15, 0.2) is 52.6 Å². The maximum Gasteiger partial charge on any atom is 0.228 e. The first-order valence-corrected chi connectivity index (χ1v) is 8.76. The van der Waals surface area contributed by atoms with Crippen LogP contribution in [0.2, 0.25) is 5.02 Å². The molecule has 120 valence electrons. The maximum atomic E-state index is 11.4. The first-order valence-electron chi connectivity index (χ1n) is 7.40. The van der Waals surface area contributed by atoms with Gasteiger partial charge in [0.15, 0.2) is 5.17 Å². The Hall–Kier alpha value is -2.31. The van der Waals surface area contributed by atoms with E-state index in [1.807, 2.05) is 42.5 Å². The van der Waals surface area contributed by atoms with E-state index in [1.54, 1.807) is 11.8 Å². The van der Waals surface area contributed by atoms with Gasteiger partial charge in [-0.2, -0.15) is 5.10 Å². The third-order valence-electron chi connectivity index (χ3n) is 3.76. The van der Waals surface area contributed by atoms with Gasteiger partial charge in [0.05, 0.1) is 17.8 Å². The smallest absolute Gasteiger partial charge is 0.228 e. The van der Waals surface area contributed by atoms with Crippen molar-refractivity contribution < 1.29 is 4.79 Å². The lowest BCUT2D eigenvalue weighted by Crippen LogP contribution is -2.25. The number of amidine groups is 1. The van der Waals surface area contributed by atoms with Crippen LogP contribution in [0.3, 0.4) is 0 Å². The minimum Gasteiger partial charge on any atom is -0.326 e. The number of anilines is 1. The summed E-state index contributed by atoms with van der Waals surface area (Å²) in [6.07, 6.45) is 0.451. The normalized spacial score (nSPS) is 18.0. The molecule has 4 rings (SSSR count). The number of amides is 1. The lowest BCUT2D eigenvalue weighted by atomic mass is 10.1. The molecule has 0 fully saturated rings. The zero-order chi connectivity index (χ0) is 16.5. The molecule has 0 unspecified atom stereocenters. The SMILES string of the molecule is O=C1Cc2ccc(C3=NNC(=Nc4ccc(Cl)cc4)SC3)cc2N1. The second kappa shape index (κ2) is 6.30. The molecule has 0 aliphatic carbocycles. The summed E-state index contributed by atoms with van der Waals surface area (Å²) in [6.45, 7) is 0. The van der Waals surface area contributed by atoms with Crippen molar-refractivity contribution in [2.45, 2.75) is 6.42 Å². The largest absolute Gasteiger partial charge is 0.326 e. The van der Waals surface area contributed by atoms with Gasteiger partial charge >= 0.3 is 0 Å². The predicted molar refractivity (Wildman–Crippen MR) is 99.5 cm³/mol. The lowest BCUT2D eigenvalue weighted by Gasteiger charge is -2.15. The summed E-state index contributed by atoms with van der Waals surface area (Å²) in [4.78, 5) is 15.9. The Balaban J connectivity index is 1.52.